The molecule has 0 bridgehead atoms. The van der Waals surface area contributed by atoms with Gasteiger partial charge in [-0.2, -0.15) is 0 Å². The fourth-order valence-electron chi connectivity index (χ4n) is 3.12. The highest BCUT2D eigenvalue weighted by Crippen LogP contribution is 2.40. The fraction of sp³-hybridized carbons (Fsp3) is 0.444. The second kappa shape index (κ2) is 5.77. The molecule has 1 aliphatic carbocycles. The highest BCUT2D eigenvalue weighted by Gasteiger charge is 2.25. The third-order valence-electron chi connectivity index (χ3n) is 4.15. The van der Waals surface area contributed by atoms with Gasteiger partial charge in [0.05, 0.1) is 9.83 Å². The van der Waals surface area contributed by atoms with Gasteiger partial charge in [0.1, 0.15) is 0 Å². The van der Waals surface area contributed by atoms with Crippen molar-refractivity contribution in [2.24, 2.45) is 0 Å². The molecule has 0 amide bonds. The molecule has 1 nitrogen and oxygen atoms in total. The van der Waals surface area contributed by atoms with Crippen LogP contribution in [-0.4, -0.2) is 0 Å². The number of benzene rings is 1. The smallest absolute Gasteiger partial charge is 0.0705 e. The average molecular weight is 364 g/mol. The molecule has 1 aromatic carbocycles. The Morgan fingerprint density at radius 1 is 1.24 bits per heavy atom. The summed E-state index contributed by atoms with van der Waals surface area (Å²) in [4.78, 5) is 1.54. The largest absolute Gasteiger partial charge is 0.378 e. The van der Waals surface area contributed by atoms with Gasteiger partial charge in [-0.25, -0.2) is 0 Å². The summed E-state index contributed by atoms with van der Waals surface area (Å²) in [5.41, 5.74) is 4.33. The first-order valence-electron chi connectivity index (χ1n) is 7.59. The van der Waals surface area contributed by atoms with Crippen LogP contribution in [0.1, 0.15) is 55.7 Å². The minimum Gasteiger partial charge on any atom is -0.378 e. The number of hydrogen-bond acceptors (Lipinski definition) is 2. The van der Waals surface area contributed by atoms with Gasteiger partial charge in [0.15, 0.2) is 0 Å². The summed E-state index contributed by atoms with van der Waals surface area (Å²) in [6, 6.07) is 11.5. The average Bonchev–Trinajstić information content (AvgIpc) is 2.79. The zero-order valence-corrected chi connectivity index (χ0v) is 15.3. The first-order valence-corrected chi connectivity index (χ1v) is 9.20. The molecule has 3 rings (SSSR count). The monoisotopic (exact) mass is 363 g/mol. The first kappa shape index (κ1) is 15.1. The van der Waals surface area contributed by atoms with Crippen molar-refractivity contribution < 1.29 is 0 Å². The van der Waals surface area contributed by atoms with E-state index in [9.17, 15) is 0 Å². The molecule has 1 heterocycles. The summed E-state index contributed by atoms with van der Waals surface area (Å²) in [5.74, 6) is 0. The lowest BCUT2D eigenvalue weighted by Gasteiger charge is -2.29. The van der Waals surface area contributed by atoms with E-state index in [0.717, 1.165) is 0 Å². The van der Waals surface area contributed by atoms with Crippen LogP contribution in [-0.2, 0) is 11.8 Å². The van der Waals surface area contributed by atoms with E-state index in [0.29, 0.717) is 6.04 Å². The molecule has 3 heteroatoms. The molecular weight excluding hydrogens is 342 g/mol. The SMILES string of the molecule is CC(C)(C)c1ccccc1NC1CCCc2sc(Br)cc21. The van der Waals surface area contributed by atoms with Crippen molar-refractivity contribution in [1.82, 2.24) is 0 Å². The first-order chi connectivity index (χ1) is 9.95. The van der Waals surface area contributed by atoms with Gasteiger partial charge in [-0.05, 0) is 63.9 Å². The van der Waals surface area contributed by atoms with Gasteiger partial charge in [-0.1, -0.05) is 39.0 Å². The lowest BCUT2D eigenvalue weighted by molar-refractivity contribution is 0.581. The molecule has 112 valence electrons. The summed E-state index contributed by atoms with van der Waals surface area (Å²) in [5, 5.41) is 3.81. The summed E-state index contributed by atoms with van der Waals surface area (Å²) in [7, 11) is 0. The lowest BCUT2D eigenvalue weighted by atomic mass is 9.85. The number of rotatable bonds is 2. The van der Waals surface area contributed by atoms with Gasteiger partial charge in [0, 0.05) is 10.6 Å². The maximum Gasteiger partial charge on any atom is 0.0705 e. The molecule has 2 aromatic rings. The highest BCUT2D eigenvalue weighted by atomic mass is 79.9. The molecule has 0 aliphatic heterocycles. The number of halogens is 1. The van der Waals surface area contributed by atoms with Gasteiger partial charge in [-0.3, -0.25) is 0 Å². The fourth-order valence-corrected chi connectivity index (χ4v) is 4.94. The number of hydrogen-bond donors (Lipinski definition) is 1. The molecular formula is C18H22BrNS. The Balaban J connectivity index is 1.92. The van der Waals surface area contributed by atoms with Crippen LogP contribution in [0.5, 0.6) is 0 Å². The van der Waals surface area contributed by atoms with Crippen molar-refractivity contribution in [1.29, 1.82) is 0 Å². The van der Waals surface area contributed by atoms with Crippen molar-refractivity contribution in [3.05, 3.63) is 50.1 Å². The van der Waals surface area contributed by atoms with E-state index >= 15 is 0 Å². The molecule has 21 heavy (non-hydrogen) atoms. The maximum absolute atomic E-state index is 3.81. The molecule has 1 N–H and O–H groups in total. The van der Waals surface area contributed by atoms with Crippen molar-refractivity contribution in [3.8, 4) is 0 Å². The Morgan fingerprint density at radius 3 is 2.76 bits per heavy atom. The number of para-hydroxylation sites is 1. The molecule has 0 radical (unpaired) electrons. The normalized spacial score (nSPS) is 18.4. The Bertz CT molecular complexity index is 639. The predicted octanol–water partition coefficient (Wildman–Crippen LogP) is 6.30. The van der Waals surface area contributed by atoms with Crippen LogP contribution < -0.4 is 5.32 Å². The van der Waals surface area contributed by atoms with Crippen LogP contribution in [0.3, 0.4) is 0 Å². The van der Waals surface area contributed by atoms with E-state index in [-0.39, 0.29) is 5.41 Å². The topological polar surface area (TPSA) is 12.0 Å². The Hall–Kier alpha value is -0.800. The van der Waals surface area contributed by atoms with Crippen molar-refractivity contribution >= 4 is 33.0 Å². The van der Waals surface area contributed by atoms with Crippen molar-refractivity contribution in [3.63, 3.8) is 0 Å². The van der Waals surface area contributed by atoms with E-state index in [1.807, 2.05) is 11.3 Å². The molecule has 1 atom stereocenters. The number of nitrogens with one attached hydrogen (secondary N) is 1. The zero-order valence-electron chi connectivity index (χ0n) is 12.9. The number of fused-ring (bicyclic) bond motifs is 1. The van der Waals surface area contributed by atoms with E-state index in [2.05, 4.69) is 72.3 Å². The van der Waals surface area contributed by atoms with Gasteiger partial charge in [0.2, 0.25) is 0 Å². The van der Waals surface area contributed by atoms with E-state index in [1.165, 1.54) is 39.9 Å². The third kappa shape index (κ3) is 3.19. The second-order valence-corrected chi connectivity index (χ2v) is 9.33. The lowest BCUT2D eigenvalue weighted by Crippen LogP contribution is -2.19. The van der Waals surface area contributed by atoms with Gasteiger partial charge < -0.3 is 5.32 Å². The second-order valence-electron chi connectivity index (χ2n) is 6.81. The van der Waals surface area contributed by atoms with Crippen LogP contribution in [0.4, 0.5) is 5.69 Å². The maximum atomic E-state index is 3.81. The van der Waals surface area contributed by atoms with Crippen molar-refractivity contribution in [2.75, 3.05) is 5.32 Å². The van der Waals surface area contributed by atoms with Crippen LogP contribution in [0.15, 0.2) is 34.1 Å². The van der Waals surface area contributed by atoms with Crippen LogP contribution in [0, 0.1) is 0 Å². The molecule has 0 saturated carbocycles. The summed E-state index contributed by atoms with van der Waals surface area (Å²) in [6.45, 7) is 6.84. The van der Waals surface area contributed by atoms with E-state index in [4.69, 9.17) is 0 Å². The van der Waals surface area contributed by atoms with E-state index < -0.39 is 0 Å². The quantitative estimate of drug-likeness (QED) is 0.660. The minimum atomic E-state index is 0.163. The Labute approximate surface area is 139 Å². The molecule has 1 aliphatic rings. The zero-order chi connectivity index (χ0) is 15.0. The highest BCUT2D eigenvalue weighted by molar-refractivity contribution is 9.11. The molecule has 0 saturated heterocycles. The van der Waals surface area contributed by atoms with Gasteiger partial charge >= 0.3 is 0 Å². The molecule has 1 aromatic heterocycles. The molecule has 0 spiro atoms. The van der Waals surface area contributed by atoms with Crippen LogP contribution in [0.2, 0.25) is 0 Å². The van der Waals surface area contributed by atoms with Crippen LogP contribution >= 0.6 is 27.3 Å². The molecule has 0 fully saturated rings. The van der Waals surface area contributed by atoms with Crippen molar-refractivity contribution in [2.45, 2.75) is 51.5 Å². The standard InChI is InChI=1S/C18H22BrNS/c1-18(2,3)13-7-4-5-8-15(13)20-14-9-6-10-16-12(14)11-17(19)21-16/h4-5,7-8,11,14,20H,6,9-10H2,1-3H3. The number of thiophene rings is 1. The predicted molar refractivity (Wildman–Crippen MR) is 96.5 cm³/mol. The Morgan fingerprint density at radius 2 is 2.00 bits per heavy atom. The minimum absolute atomic E-state index is 0.163. The van der Waals surface area contributed by atoms with Crippen LogP contribution in [0.25, 0.3) is 0 Å². The summed E-state index contributed by atoms with van der Waals surface area (Å²) >= 11 is 5.53. The Kier molecular flexibility index (Phi) is 4.15. The third-order valence-corrected chi connectivity index (χ3v) is 5.86. The van der Waals surface area contributed by atoms with Gasteiger partial charge in [-0.15, -0.1) is 11.3 Å². The number of aryl methyl sites for hydroxylation is 1. The summed E-state index contributed by atoms with van der Waals surface area (Å²) in [6.07, 6.45) is 3.72. The molecule has 1 unspecified atom stereocenters. The summed E-state index contributed by atoms with van der Waals surface area (Å²) < 4.78 is 1.25. The van der Waals surface area contributed by atoms with E-state index in [1.54, 1.807) is 4.88 Å². The number of anilines is 1. The van der Waals surface area contributed by atoms with Gasteiger partial charge in [0.25, 0.3) is 0 Å².